The maximum absolute atomic E-state index is 12.5. The first kappa shape index (κ1) is 15.8. The lowest BCUT2D eigenvalue weighted by molar-refractivity contribution is -0.384. The van der Waals surface area contributed by atoms with E-state index in [2.05, 4.69) is 0 Å². The predicted molar refractivity (Wildman–Crippen MR) is 85.3 cm³/mol. The predicted octanol–water partition coefficient (Wildman–Crippen LogP) is 3.15. The molecule has 0 spiro atoms. The Morgan fingerprint density at radius 2 is 2.04 bits per heavy atom. The first-order chi connectivity index (χ1) is 11.1. The van der Waals surface area contributed by atoms with Crippen molar-refractivity contribution in [3.63, 3.8) is 0 Å². The van der Waals surface area contributed by atoms with E-state index in [0.29, 0.717) is 17.7 Å². The van der Waals surface area contributed by atoms with Gasteiger partial charge in [-0.25, -0.2) is 0 Å². The van der Waals surface area contributed by atoms with Crippen molar-refractivity contribution < 1.29 is 14.5 Å². The molecule has 2 fully saturated rings. The van der Waals surface area contributed by atoms with Gasteiger partial charge in [-0.2, -0.15) is 0 Å². The number of amides is 1. The van der Waals surface area contributed by atoms with Crippen molar-refractivity contribution in [1.82, 2.24) is 4.90 Å². The molecule has 1 saturated heterocycles. The number of ether oxygens (including phenoxy) is 1. The Labute approximate surface area is 135 Å². The van der Waals surface area contributed by atoms with E-state index in [1.807, 2.05) is 4.90 Å². The number of non-ortho nitro benzene ring substituents is 1. The number of piperidine rings is 1. The number of carbonyl (C=O) groups excluding carboxylic acids is 1. The average molecular weight is 318 g/mol. The largest absolute Gasteiger partial charge is 0.484 e. The summed E-state index contributed by atoms with van der Waals surface area (Å²) in [6.45, 7) is 0.753. The van der Waals surface area contributed by atoms with Gasteiger partial charge in [0, 0.05) is 18.7 Å². The highest BCUT2D eigenvalue weighted by atomic mass is 16.6. The number of nitrogens with zero attached hydrogens (tertiary/aromatic N) is 2. The Morgan fingerprint density at radius 1 is 1.26 bits per heavy atom. The summed E-state index contributed by atoms with van der Waals surface area (Å²) < 4.78 is 5.50. The second-order valence-electron chi connectivity index (χ2n) is 6.38. The molecule has 124 valence electrons. The standard InChI is InChI=1S/C17H22N2O4/c20-17(12-23-15-8-3-7-14(11-15)19(21)22)18-10-4-6-13-5-1-2-9-16(13)18/h3,7-8,11,13,16H,1-2,4-6,9-10,12H2/t13-,16+/m1/s1. The SMILES string of the molecule is O=C(COc1cccc([N+](=O)[O-])c1)N1CCC[C@H]2CCCC[C@@H]21. The highest BCUT2D eigenvalue weighted by Crippen LogP contribution is 2.35. The van der Waals surface area contributed by atoms with Gasteiger partial charge in [0.15, 0.2) is 6.61 Å². The van der Waals surface area contributed by atoms with Crippen LogP contribution in [0.3, 0.4) is 0 Å². The zero-order chi connectivity index (χ0) is 16.2. The van der Waals surface area contributed by atoms with Crippen LogP contribution in [0.1, 0.15) is 38.5 Å². The fourth-order valence-electron chi connectivity index (χ4n) is 3.85. The fourth-order valence-corrected chi connectivity index (χ4v) is 3.85. The number of nitro benzene ring substituents is 1. The van der Waals surface area contributed by atoms with Crippen molar-refractivity contribution in [3.8, 4) is 5.75 Å². The van der Waals surface area contributed by atoms with E-state index in [4.69, 9.17) is 4.74 Å². The third-order valence-electron chi connectivity index (χ3n) is 4.95. The van der Waals surface area contributed by atoms with Crippen LogP contribution in [0, 0.1) is 16.0 Å². The number of hydrogen-bond donors (Lipinski definition) is 0. The van der Waals surface area contributed by atoms with E-state index < -0.39 is 4.92 Å². The zero-order valence-corrected chi connectivity index (χ0v) is 13.1. The summed E-state index contributed by atoms with van der Waals surface area (Å²) >= 11 is 0. The molecular formula is C17H22N2O4. The number of nitro groups is 1. The van der Waals surface area contributed by atoms with Crippen LogP contribution in [0.25, 0.3) is 0 Å². The Hall–Kier alpha value is -2.11. The minimum absolute atomic E-state index is 0.00638. The van der Waals surface area contributed by atoms with Gasteiger partial charge in [-0.3, -0.25) is 14.9 Å². The molecule has 0 unspecified atom stereocenters. The van der Waals surface area contributed by atoms with Gasteiger partial charge in [-0.1, -0.05) is 18.9 Å². The van der Waals surface area contributed by atoms with E-state index in [0.717, 1.165) is 19.4 Å². The number of carbonyl (C=O) groups is 1. The summed E-state index contributed by atoms with van der Waals surface area (Å²) in [5.41, 5.74) is -0.0275. The number of hydrogen-bond acceptors (Lipinski definition) is 4. The molecule has 0 bridgehead atoms. The minimum atomic E-state index is -0.466. The first-order valence-corrected chi connectivity index (χ1v) is 8.32. The molecule has 0 N–H and O–H groups in total. The van der Waals surface area contributed by atoms with E-state index in [9.17, 15) is 14.9 Å². The van der Waals surface area contributed by atoms with Gasteiger partial charge >= 0.3 is 0 Å². The van der Waals surface area contributed by atoms with Crippen molar-refractivity contribution in [1.29, 1.82) is 0 Å². The second kappa shape index (κ2) is 6.98. The van der Waals surface area contributed by atoms with Crippen LogP contribution in [0.5, 0.6) is 5.75 Å². The summed E-state index contributed by atoms with van der Waals surface area (Å²) in [5.74, 6) is 0.997. The second-order valence-corrected chi connectivity index (χ2v) is 6.38. The van der Waals surface area contributed by atoms with E-state index in [-0.39, 0.29) is 18.2 Å². The van der Waals surface area contributed by atoms with Gasteiger partial charge in [-0.05, 0) is 37.7 Å². The van der Waals surface area contributed by atoms with Crippen LogP contribution >= 0.6 is 0 Å². The van der Waals surface area contributed by atoms with Gasteiger partial charge < -0.3 is 9.64 Å². The van der Waals surface area contributed by atoms with E-state index in [1.54, 1.807) is 12.1 Å². The van der Waals surface area contributed by atoms with Gasteiger partial charge in [0.2, 0.25) is 0 Å². The van der Waals surface area contributed by atoms with Crippen molar-refractivity contribution in [2.45, 2.75) is 44.6 Å². The van der Waals surface area contributed by atoms with Crippen LogP contribution in [0.4, 0.5) is 5.69 Å². The van der Waals surface area contributed by atoms with Crippen LogP contribution in [-0.2, 0) is 4.79 Å². The van der Waals surface area contributed by atoms with Gasteiger partial charge in [0.1, 0.15) is 5.75 Å². The Morgan fingerprint density at radius 3 is 2.87 bits per heavy atom. The molecule has 1 saturated carbocycles. The Bertz CT molecular complexity index is 588. The zero-order valence-electron chi connectivity index (χ0n) is 13.1. The summed E-state index contributed by atoms with van der Waals surface area (Å²) in [6, 6.07) is 6.33. The number of fused-ring (bicyclic) bond motifs is 1. The molecule has 1 amide bonds. The van der Waals surface area contributed by atoms with Crippen LogP contribution in [0.15, 0.2) is 24.3 Å². The molecule has 6 nitrogen and oxygen atoms in total. The summed E-state index contributed by atoms with van der Waals surface area (Å²) in [4.78, 5) is 24.8. The molecule has 2 aliphatic rings. The highest BCUT2D eigenvalue weighted by molar-refractivity contribution is 5.78. The van der Waals surface area contributed by atoms with Crippen LogP contribution < -0.4 is 4.74 Å². The maximum Gasteiger partial charge on any atom is 0.273 e. The lowest BCUT2D eigenvalue weighted by Crippen LogP contribution is -2.51. The van der Waals surface area contributed by atoms with E-state index >= 15 is 0 Å². The molecule has 1 aliphatic heterocycles. The molecular weight excluding hydrogens is 296 g/mol. The average Bonchev–Trinajstić information content (AvgIpc) is 2.59. The van der Waals surface area contributed by atoms with Gasteiger partial charge in [0.05, 0.1) is 11.0 Å². The molecule has 2 atom stereocenters. The lowest BCUT2D eigenvalue weighted by atomic mass is 9.78. The summed E-state index contributed by atoms with van der Waals surface area (Å²) in [7, 11) is 0. The molecule has 0 aromatic heterocycles. The van der Waals surface area contributed by atoms with Crippen LogP contribution in [0.2, 0.25) is 0 Å². The topological polar surface area (TPSA) is 72.7 Å². The number of benzene rings is 1. The normalized spacial score (nSPS) is 23.9. The van der Waals surface area contributed by atoms with Crippen LogP contribution in [-0.4, -0.2) is 34.9 Å². The molecule has 1 aliphatic carbocycles. The third-order valence-corrected chi connectivity index (χ3v) is 4.95. The smallest absolute Gasteiger partial charge is 0.273 e. The van der Waals surface area contributed by atoms with Crippen molar-refractivity contribution >= 4 is 11.6 Å². The maximum atomic E-state index is 12.5. The van der Waals surface area contributed by atoms with Crippen molar-refractivity contribution in [3.05, 3.63) is 34.4 Å². The Kier molecular flexibility index (Phi) is 4.79. The lowest BCUT2D eigenvalue weighted by Gasteiger charge is -2.44. The van der Waals surface area contributed by atoms with E-state index in [1.165, 1.54) is 37.8 Å². The van der Waals surface area contributed by atoms with Crippen molar-refractivity contribution in [2.24, 2.45) is 5.92 Å². The minimum Gasteiger partial charge on any atom is -0.484 e. The molecule has 6 heteroatoms. The third kappa shape index (κ3) is 3.63. The quantitative estimate of drug-likeness (QED) is 0.631. The molecule has 1 heterocycles. The molecule has 3 rings (SSSR count). The highest BCUT2D eigenvalue weighted by Gasteiger charge is 2.35. The van der Waals surface area contributed by atoms with Crippen molar-refractivity contribution in [2.75, 3.05) is 13.2 Å². The molecule has 1 aromatic rings. The Balaban J connectivity index is 1.60. The molecule has 0 radical (unpaired) electrons. The summed E-state index contributed by atoms with van der Waals surface area (Å²) in [5, 5.41) is 10.8. The van der Waals surface area contributed by atoms with Gasteiger partial charge in [-0.15, -0.1) is 0 Å². The molecule has 23 heavy (non-hydrogen) atoms. The molecule has 1 aromatic carbocycles. The number of likely N-dealkylation sites (tertiary alicyclic amines) is 1. The number of rotatable bonds is 4. The monoisotopic (exact) mass is 318 g/mol. The van der Waals surface area contributed by atoms with Gasteiger partial charge in [0.25, 0.3) is 11.6 Å². The summed E-state index contributed by atoms with van der Waals surface area (Å²) in [6.07, 6.45) is 7.06. The first-order valence-electron chi connectivity index (χ1n) is 8.32. The fraction of sp³-hybridized carbons (Fsp3) is 0.588.